The average molecular weight is 366 g/mol. The number of nitrogens with zero attached hydrogens (tertiary/aromatic N) is 3. The van der Waals surface area contributed by atoms with E-state index in [0.717, 1.165) is 23.3 Å². The summed E-state index contributed by atoms with van der Waals surface area (Å²) < 4.78 is 38.5. The fourth-order valence-corrected chi connectivity index (χ4v) is 2.76. The molecule has 2 aromatic carbocycles. The SMILES string of the molecule is FC(F)(F)c1ccc(C2=NNC(c3ccncc3)=Nc3ccccc32)cc1. The molecule has 4 rings (SSSR count). The van der Waals surface area contributed by atoms with E-state index in [1.165, 1.54) is 12.1 Å². The van der Waals surface area contributed by atoms with Crippen molar-refractivity contribution in [2.45, 2.75) is 6.18 Å². The third-order valence-electron chi connectivity index (χ3n) is 4.10. The Morgan fingerprint density at radius 3 is 2.19 bits per heavy atom. The Morgan fingerprint density at radius 1 is 0.778 bits per heavy atom. The van der Waals surface area contributed by atoms with E-state index < -0.39 is 11.7 Å². The summed E-state index contributed by atoms with van der Waals surface area (Å²) >= 11 is 0. The van der Waals surface area contributed by atoms with Gasteiger partial charge in [0.2, 0.25) is 0 Å². The second-order valence-electron chi connectivity index (χ2n) is 5.86. The van der Waals surface area contributed by atoms with Gasteiger partial charge in [-0.15, -0.1) is 0 Å². The quantitative estimate of drug-likeness (QED) is 0.724. The Morgan fingerprint density at radius 2 is 1.48 bits per heavy atom. The monoisotopic (exact) mass is 366 g/mol. The second kappa shape index (κ2) is 6.68. The summed E-state index contributed by atoms with van der Waals surface area (Å²) in [6.45, 7) is 0. The van der Waals surface area contributed by atoms with Crippen LogP contribution >= 0.6 is 0 Å². The Kier molecular flexibility index (Phi) is 4.19. The molecule has 1 N–H and O–H groups in total. The maximum atomic E-state index is 12.8. The number of pyridine rings is 1. The number of hydrazone groups is 1. The smallest absolute Gasteiger partial charge is 0.265 e. The lowest BCUT2D eigenvalue weighted by Gasteiger charge is -2.10. The highest BCUT2D eigenvalue weighted by molar-refractivity contribution is 6.17. The number of nitrogens with one attached hydrogen (secondary N) is 1. The van der Waals surface area contributed by atoms with Crippen molar-refractivity contribution in [1.29, 1.82) is 0 Å². The van der Waals surface area contributed by atoms with E-state index in [1.54, 1.807) is 24.5 Å². The van der Waals surface area contributed by atoms with Crippen LogP contribution in [-0.2, 0) is 6.18 Å². The number of hydrogen-bond donors (Lipinski definition) is 1. The highest BCUT2D eigenvalue weighted by Gasteiger charge is 2.30. The van der Waals surface area contributed by atoms with Gasteiger partial charge >= 0.3 is 6.18 Å². The normalized spacial score (nSPS) is 13.7. The van der Waals surface area contributed by atoms with Gasteiger partial charge < -0.3 is 0 Å². The number of halogens is 3. The van der Waals surface area contributed by atoms with E-state index in [1.807, 2.05) is 24.3 Å². The molecule has 3 aromatic rings. The number of fused-ring (bicyclic) bond motifs is 1. The molecule has 0 fully saturated rings. The van der Waals surface area contributed by atoms with Crippen LogP contribution in [0.5, 0.6) is 0 Å². The molecule has 0 spiro atoms. The van der Waals surface area contributed by atoms with Gasteiger partial charge in [-0.1, -0.05) is 30.3 Å². The zero-order valence-corrected chi connectivity index (χ0v) is 13.9. The summed E-state index contributed by atoms with van der Waals surface area (Å²) in [5.41, 5.74) is 5.52. The van der Waals surface area contributed by atoms with Crippen molar-refractivity contribution in [3.05, 3.63) is 95.3 Å². The Labute approximate surface area is 153 Å². The predicted octanol–water partition coefficient (Wildman–Crippen LogP) is 4.53. The molecule has 0 atom stereocenters. The van der Waals surface area contributed by atoms with Gasteiger partial charge in [-0.25, -0.2) is 4.99 Å². The summed E-state index contributed by atoms with van der Waals surface area (Å²) in [6, 6.07) is 15.9. The van der Waals surface area contributed by atoms with Gasteiger partial charge in [-0.2, -0.15) is 18.3 Å². The average Bonchev–Trinajstić information content (AvgIpc) is 2.88. The molecule has 7 heteroatoms. The molecular weight excluding hydrogens is 353 g/mol. The number of amidine groups is 1. The van der Waals surface area contributed by atoms with E-state index in [4.69, 9.17) is 0 Å². The van der Waals surface area contributed by atoms with E-state index in [-0.39, 0.29) is 0 Å². The van der Waals surface area contributed by atoms with Crippen LogP contribution in [-0.4, -0.2) is 16.5 Å². The summed E-state index contributed by atoms with van der Waals surface area (Å²) in [6.07, 6.45) is -1.08. The highest BCUT2D eigenvalue weighted by Crippen LogP contribution is 2.30. The molecule has 4 nitrogen and oxygen atoms in total. The van der Waals surface area contributed by atoms with Crippen LogP contribution in [0.2, 0.25) is 0 Å². The molecule has 27 heavy (non-hydrogen) atoms. The zero-order chi connectivity index (χ0) is 18.9. The summed E-state index contributed by atoms with van der Waals surface area (Å²) in [5, 5.41) is 4.42. The number of hydrogen-bond acceptors (Lipinski definition) is 4. The first-order valence-electron chi connectivity index (χ1n) is 8.12. The standard InChI is InChI=1S/C20H13F3N4/c21-20(22,23)15-7-5-13(6-8-15)18-16-3-1-2-4-17(16)25-19(27-26-18)14-9-11-24-12-10-14/h1-12H,(H,25,27). The number of para-hydroxylation sites is 1. The molecule has 2 heterocycles. The first-order chi connectivity index (χ1) is 13.0. The lowest BCUT2D eigenvalue weighted by molar-refractivity contribution is -0.137. The minimum absolute atomic E-state index is 0.520. The van der Waals surface area contributed by atoms with Crippen molar-refractivity contribution in [1.82, 2.24) is 10.4 Å². The maximum Gasteiger partial charge on any atom is 0.416 e. The fourth-order valence-electron chi connectivity index (χ4n) is 2.76. The topological polar surface area (TPSA) is 49.6 Å². The van der Waals surface area contributed by atoms with E-state index in [2.05, 4.69) is 20.5 Å². The second-order valence-corrected chi connectivity index (χ2v) is 5.86. The fraction of sp³-hybridized carbons (Fsp3) is 0.0500. The third-order valence-corrected chi connectivity index (χ3v) is 4.10. The Balaban J connectivity index is 1.78. The van der Waals surface area contributed by atoms with Crippen molar-refractivity contribution in [3.63, 3.8) is 0 Å². The molecule has 134 valence electrons. The summed E-state index contributed by atoms with van der Waals surface area (Å²) in [4.78, 5) is 8.61. The minimum atomic E-state index is -4.38. The van der Waals surface area contributed by atoms with Crippen LogP contribution in [0.4, 0.5) is 18.9 Å². The first-order valence-corrected chi connectivity index (χ1v) is 8.12. The Hall–Kier alpha value is -3.48. The number of aliphatic imine (C=N–C) groups is 1. The van der Waals surface area contributed by atoms with Crippen LogP contribution in [0.25, 0.3) is 0 Å². The van der Waals surface area contributed by atoms with Crippen LogP contribution in [0, 0.1) is 0 Å². The number of aromatic nitrogens is 1. The van der Waals surface area contributed by atoms with Gasteiger partial charge in [0, 0.05) is 29.1 Å². The van der Waals surface area contributed by atoms with E-state index in [9.17, 15) is 13.2 Å². The summed E-state index contributed by atoms with van der Waals surface area (Å²) in [5.74, 6) is 0.534. The van der Waals surface area contributed by atoms with Gasteiger partial charge in [0.15, 0.2) is 5.84 Å². The Bertz CT molecular complexity index is 1020. The van der Waals surface area contributed by atoms with Gasteiger partial charge in [0.1, 0.15) is 0 Å². The van der Waals surface area contributed by atoms with Crippen LogP contribution in [0.1, 0.15) is 22.3 Å². The molecule has 1 aliphatic rings. The van der Waals surface area contributed by atoms with Crippen molar-refractivity contribution in [2.24, 2.45) is 10.1 Å². The van der Waals surface area contributed by atoms with Crippen molar-refractivity contribution < 1.29 is 13.2 Å². The molecule has 1 aliphatic heterocycles. The lowest BCUT2D eigenvalue weighted by atomic mass is 9.99. The first kappa shape index (κ1) is 17.0. The van der Waals surface area contributed by atoms with Crippen LogP contribution in [0.3, 0.4) is 0 Å². The maximum absolute atomic E-state index is 12.8. The predicted molar refractivity (Wildman–Crippen MR) is 97.1 cm³/mol. The number of alkyl halides is 3. The third kappa shape index (κ3) is 3.44. The number of rotatable bonds is 2. The molecule has 0 radical (unpaired) electrons. The molecule has 0 bridgehead atoms. The van der Waals surface area contributed by atoms with Gasteiger partial charge in [0.25, 0.3) is 0 Å². The molecule has 0 saturated carbocycles. The van der Waals surface area contributed by atoms with Crippen LogP contribution in [0.15, 0.2) is 83.2 Å². The lowest BCUT2D eigenvalue weighted by Crippen LogP contribution is -2.19. The number of benzene rings is 2. The van der Waals surface area contributed by atoms with Gasteiger partial charge in [-0.3, -0.25) is 10.4 Å². The van der Waals surface area contributed by atoms with Gasteiger partial charge in [-0.05, 0) is 30.3 Å². The molecule has 0 amide bonds. The highest BCUT2D eigenvalue weighted by atomic mass is 19.4. The molecule has 0 aliphatic carbocycles. The van der Waals surface area contributed by atoms with Gasteiger partial charge in [0.05, 0.1) is 17.0 Å². The molecule has 0 saturated heterocycles. The van der Waals surface area contributed by atoms with Crippen molar-refractivity contribution in [3.8, 4) is 0 Å². The summed E-state index contributed by atoms with van der Waals surface area (Å²) in [7, 11) is 0. The molecule has 1 aromatic heterocycles. The van der Waals surface area contributed by atoms with Crippen LogP contribution < -0.4 is 5.43 Å². The minimum Gasteiger partial charge on any atom is -0.265 e. The molecule has 0 unspecified atom stereocenters. The largest absolute Gasteiger partial charge is 0.416 e. The zero-order valence-electron chi connectivity index (χ0n) is 13.9. The van der Waals surface area contributed by atoms with Crippen molar-refractivity contribution in [2.75, 3.05) is 0 Å². The van der Waals surface area contributed by atoms with Crippen molar-refractivity contribution >= 4 is 17.2 Å². The molecular formula is C20H13F3N4. The van der Waals surface area contributed by atoms with E-state index in [0.29, 0.717) is 22.8 Å². The van der Waals surface area contributed by atoms with E-state index >= 15 is 0 Å².